The standard InChI is InChI=1S/C9H12O3/c1-7(9(10)11)5-8-3-2-4-12-6-8/h5-6H,2-4H2,1H3,(H,10,11)/b7-5+. The molecule has 3 nitrogen and oxygen atoms in total. The Balaban J connectivity index is 2.65. The molecule has 0 atom stereocenters. The third-order valence-electron chi connectivity index (χ3n) is 1.70. The fourth-order valence-electron chi connectivity index (χ4n) is 1.03. The highest BCUT2D eigenvalue weighted by Gasteiger charge is 2.04. The predicted octanol–water partition coefficient (Wildman–Crippen LogP) is 1.71. The molecule has 1 aliphatic heterocycles. The van der Waals surface area contributed by atoms with Crippen LogP contribution >= 0.6 is 0 Å². The van der Waals surface area contributed by atoms with Crippen LogP contribution in [0.4, 0.5) is 0 Å². The van der Waals surface area contributed by atoms with Gasteiger partial charge in [-0.1, -0.05) is 0 Å². The molecule has 66 valence electrons. The van der Waals surface area contributed by atoms with Crippen molar-refractivity contribution in [1.82, 2.24) is 0 Å². The minimum Gasteiger partial charge on any atom is -0.501 e. The molecule has 12 heavy (non-hydrogen) atoms. The highest BCUT2D eigenvalue weighted by atomic mass is 16.5. The second kappa shape index (κ2) is 3.95. The minimum absolute atomic E-state index is 0.353. The maximum absolute atomic E-state index is 10.4. The van der Waals surface area contributed by atoms with Gasteiger partial charge in [0.05, 0.1) is 12.9 Å². The smallest absolute Gasteiger partial charge is 0.331 e. The topological polar surface area (TPSA) is 46.5 Å². The van der Waals surface area contributed by atoms with Crippen molar-refractivity contribution < 1.29 is 14.6 Å². The van der Waals surface area contributed by atoms with Crippen molar-refractivity contribution in [3.63, 3.8) is 0 Å². The van der Waals surface area contributed by atoms with Gasteiger partial charge in [-0.3, -0.25) is 0 Å². The molecule has 0 radical (unpaired) electrons. The third kappa shape index (κ3) is 2.42. The molecule has 1 N–H and O–H groups in total. The maximum Gasteiger partial charge on any atom is 0.331 e. The van der Waals surface area contributed by atoms with Crippen LogP contribution in [0.1, 0.15) is 19.8 Å². The first-order valence-electron chi connectivity index (χ1n) is 3.92. The summed E-state index contributed by atoms with van der Waals surface area (Å²) in [5, 5.41) is 8.58. The molecular weight excluding hydrogens is 156 g/mol. The van der Waals surface area contributed by atoms with Crippen LogP contribution in [0.15, 0.2) is 23.5 Å². The van der Waals surface area contributed by atoms with E-state index in [1.807, 2.05) is 0 Å². The lowest BCUT2D eigenvalue weighted by atomic mass is 10.1. The molecule has 0 bridgehead atoms. The normalized spacial score (nSPS) is 18.1. The van der Waals surface area contributed by atoms with Crippen molar-refractivity contribution in [2.75, 3.05) is 6.61 Å². The third-order valence-corrected chi connectivity index (χ3v) is 1.70. The lowest BCUT2D eigenvalue weighted by Crippen LogP contribution is -2.00. The number of ether oxygens (including phenoxy) is 1. The second-order valence-corrected chi connectivity index (χ2v) is 2.80. The lowest BCUT2D eigenvalue weighted by Gasteiger charge is -2.10. The Hall–Kier alpha value is -1.25. The van der Waals surface area contributed by atoms with Crippen LogP contribution in [0.3, 0.4) is 0 Å². The summed E-state index contributed by atoms with van der Waals surface area (Å²) in [6, 6.07) is 0. The van der Waals surface area contributed by atoms with Gasteiger partial charge >= 0.3 is 5.97 Å². The highest BCUT2D eigenvalue weighted by Crippen LogP contribution is 2.14. The van der Waals surface area contributed by atoms with Gasteiger partial charge in [-0.05, 0) is 31.4 Å². The first kappa shape index (κ1) is 8.84. The molecule has 0 spiro atoms. The van der Waals surface area contributed by atoms with Gasteiger partial charge in [0, 0.05) is 5.57 Å². The molecule has 0 aliphatic carbocycles. The first-order valence-corrected chi connectivity index (χ1v) is 3.92. The zero-order chi connectivity index (χ0) is 8.97. The summed E-state index contributed by atoms with van der Waals surface area (Å²) < 4.78 is 5.06. The Kier molecular flexibility index (Phi) is 2.91. The van der Waals surface area contributed by atoms with Crippen LogP contribution in [-0.4, -0.2) is 17.7 Å². The first-order chi connectivity index (χ1) is 5.70. The Morgan fingerprint density at radius 1 is 1.75 bits per heavy atom. The zero-order valence-corrected chi connectivity index (χ0v) is 7.04. The molecule has 0 fully saturated rings. The van der Waals surface area contributed by atoms with Gasteiger partial charge in [-0.2, -0.15) is 0 Å². The number of hydrogen-bond donors (Lipinski definition) is 1. The van der Waals surface area contributed by atoms with E-state index in [9.17, 15) is 4.79 Å². The van der Waals surface area contributed by atoms with Gasteiger partial charge in [0.25, 0.3) is 0 Å². The van der Waals surface area contributed by atoms with E-state index in [1.54, 1.807) is 19.3 Å². The van der Waals surface area contributed by atoms with Gasteiger partial charge in [-0.15, -0.1) is 0 Å². The van der Waals surface area contributed by atoms with Crippen molar-refractivity contribution in [3.05, 3.63) is 23.5 Å². The van der Waals surface area contributed by atoms with Crippen LogP contribution in [0.25, 0.3) is 0 Å². The quantitative estimate of drug-likeness (QED) is 0.638. The van der Waals surface area contributed by atoms with E-state index in [2.05, 4.69) is 0 Å². The Morgan fingerprint density at radius 2 is 2.50 bits per heavy atom. The Morgan fingerprint density at radius 3 is 3.00 bits per heavy atom. The molecule has 0 amide bonds. The number of aliphatic carboxylic acids is 1. The number of rotatable bonds is 2. The monoisotopic (exact) mass is 168 g/mol. The van der Waals surface area contributed by atoms with Crippen LogP contribution < -0.4 is 0 Å². The van der Waals surface area contributed by atoms with Crippen molar-refractivity contribution >= 4 is 5.97 Å². The van der Waals surface area contributed by atoms with Crippen LogP contribution in [0.2, 0.25) is 0 Å². The van der Waals surface area contributed by atoms with Crippen LogP contribution in [0.5, 0.6) is 0 Å². The number of carboxylic acids is 1. The van der Waals surface area contributed by atoms with Crippen molar-refractivity contribution in [3.8, 4) is 0 Å². The zero-order valence-electron chi connectivity index (χ0n) is 7.04. The largest absolute Gasteiger partial charge is 0.501 e. The van der Waals surface area contributed by atoms with Crippen molar-refractivity contribution in [2.24, 2.45) is 0 Å². The van der Waals surface area contributed by atoms with E-state index in [1.165, 1.54) is 0 Å². The molecular formula is C9H12O3. The average Bonchev–Trinajstić information content (AvgIpc) is 2.06. The van der Waals surface area contributed by atoms with Crippen LogP contribution in [-0.2, 0) is 9.53 Å². The summed E-state index contributed by atoms with van der Waals surface area (Å²) in [5.41, 5.74) is 1.31. The molecule has 1 heterocycles. The molecule has 1 rings (SSSR count). The number of allylic oxidation sites excluding steroid dienone is 2. The predicted molar refractivity (Wildman–Crippen MR) is 44.7 cm³/mol. The van der Waals surface area contributed by atoms with E-state index < -0.39 is 5.97 Å². The molecule has 0 aromatic heterocycles. The van der Waals surface area contributed by atoms with Gasteiger partial charge < -0.3 is 9.84 Å². The van der Waals surface area contributed by atoms with Crippen LogP contribution in [0, 0.1) is 0 Å². The lowest BCUT2D eigenvalue weighted by molar-refractivity contribution is -0.132. The Labute approximate surface area is 71.3 Å². The van der Waals surface area contributed by atoms with Gasteiger partial charge in [0.2, 0.25) is 0 Å². The minimum atomic E-state index is -0.874. The van der Waals surface area contributed by atoms with E-state index in [4.69, 9.17) is 9.84 Å². The maximum atomic E-state index is 10.4. The second-order valence-electron chi connectivity index (χ2n) is 2.80. The highest BCUT2D eigenvalue weighted by molar-refractivity contribution is 5.86. The molecule has 0 aromatic rings. The van der Waals surface area contributed by atoms with Crippen molar-refractivity contribution in [1.29, 1.82) is 0 Å². The van der Waals surface area contributed by atoms with E-state index in [0.717, 1.165) is 25.0 Å². The summed E-state index contributed by atoms with van der Waals surface area (Å²) >= 11 is 0. The number of carbonyl (C=O) groups is 1. The SMILES string of the molecule is C/C(=C\C1=COCCC1)C(=O)O. The molecule has 0 aromatic carbocycles. The summed E-state index contributed by atoms with van der Waals surface area (Å²) in [6.07, 6.45) is 5.16. The molecule has 0 saturated heterocycles. The molecule has 3 heteroatoms. The van der Waals surface area contributed by atoms with E-state index in [-0.39, 0.29) is 0 Å². The number of hydrogen-bond acceptors (Lipinski definition) is 2. The fourth-order valence-corrected chi connectivity index (χ4v) is 1.03. The summed E-state index contributed by atoms with van der Waals surface area (Å²) in [7, 11) is 0. The van der Waals surface area contributed by atoms with Gasteiger partial charge in [0.15, 0.2) is 0 Å². The Bertz CT molecular complexity index is 238. The van der Waals surface area contributed by atoms with Gasteiger partial charge in [-0.25, -0.2) is 4.79 Å². The van der Waals surface area contributed by atoms with E-state index >= 15 is 0 Å². The summed E-state index contributed by atoms with van der Waals surface area (Å²) in [5.74, 6) is -0.874. The average molecular weight is 168 g/mol. The van der Waals surface area contributed by atoms with Gasteiger partial charge in [0.1, 0.15) is 0 Å². The molecule has 1 aliphatic rings. The molecule has 0 unspecified atom stereocenters. The van der Waals surface area contributed by atoms with Crippen molar-refractivity contribution in [2.45, 2.75) is 19.8 Å². The summed E-state index contributed by atoms with van der Waals surface area (Å²) in [6.45, 7) is 2.32. The summed E-state index contributed by atoms with van der Waals surface area (Å²) in [4.78, 5) is 10.4. The molecule has 0 saturated carbocycles. The van der Waals surface area contributed by atoms with E-state index in [0.29, 0.717) is 5.57 Å². The number of carboxylic acid groups (broad SMARTS) is 1. The fraction of sp³-hybridized carbons (Fsp3) is 0.444.